The predicted octanol–water partition coefficient (Wildman–Crippen LogP) is 3.11. The molecule has 1 unspecified atom stereocenters. The molecule has 6 nitrogen and oxygen atoms in total. The van der Waals surface area contributed by atoms with Gasteiger partial charge in [0.05, 0.1) is 11.5 Å². The maximum absolute atomic E-state index is 12.5. The van der Waals surface area contributed by atoms with E-state index in [1.807, 2.05) is 43.1 Å². The van der Waals surface area contributed by atoms with Gasteiger partial charge in [0.2, 0.25) is 0 Å². The van der Waals surface area contributed by atoms with Crippen molar-refractivity contribution in [3.8, 4) is 11.1 Å². The van der Waals surface area contributed by atoms with Gasteiger partial charge < -0.3 is 20.2 Å². The number of anilines is 1. The van der Waals surface area contributed by atoms with Crippen molar-refractivity contribution in [3.63, 3.8) is 0 Å². The van der Waals surface area contributed by atoms with Crippen molar-refractivity contribution in [2.24, 2.45) is 0 Å². The number of benzene rings is 1. The van der Waals surface area contributed by atoms with Crippen LogP contribution in [0.1, 0.15) is 12.6 Å². The third kappa shape index (κ3) is 4.31. The number of aliphatic hydroxyl groups excluding tert-OH is 1. The molecule has 3 rings (SSSR count). The van der Waals surface area contributed by atoms with Crippen molar-refractivity contribution in [2.75, 3.05) is 32.6 Å². The molecule has 0 radical (unpaired) electrons. The van der Waals surface area contributed by atoms with E-state index < -0.39 is 0 Å². The summed E-state index contributed by atoms with van der Waals surface area (Å²) in [4.78, 5) is 21.1. The number of aryl methyl sites for hydroxylation is 1. The number of β-amino-alcohol motifs (C(OH)–C–C–N with tert-alkyl or cyclic N) is 1. The topological polar surface area (TPSA) is 68.7 Å². The number of carbonyl (C=O) groups excluding carboxylic acids is 1. The highest BCUT2D eigenvalue weighted by Crippen LogP contribution is 2.39. The molecule has 0 fully saturated rings. The number of pyridine rings is 1. The molecule has 1 amide bonds. The fourth-order valence-electron chi connectivity index (χ4n) is 3.02. The van der Waals surface area contributed by atoms with Crippen molar-refractivity contribution in [1.82, 2.24) is 14.8 Å². The molecular formula is C21H26N4O2S. The van der Waals surface area contributed by atoms with Crippen LogP contribution in [0.25, 0.3) is 11.1 Å². The number of hydrogen-bond acceptors (Lipinski definition) is 6. The molecule has 0 spiro atoms. The lowest BCUT2D eigenvalue weighted by Gasteiger charge is -2.28. The van der Waals surface area contributed by atoms with Gasteiger partial charge >= 0.3 is 0 Å². The Morgan fingerprint density at radius 3 is 2.43 bits per heavy atom. The van der Waals surface area contributed by atoms with Crippen molar-refractivity contribution in [1.29, 1.82) is 0 Å². The number of likely N-dealkylation sites (N-methyl/N-ethyl adjacent to an activating group) is 1. The van der Waals surface area contributed by atoms with Crippen LogP contribution in [-0.2, 0) is 4.79 Å². The number of hydrogen-bond donors (Lipinski definition) is 2. The van der Waals surface area contributed by atoms with Gasteiger partial charge in [0.15, 0.2) is 5.50 Å². The zero-order chi connectivity index (χ0) is 20.3. The Hall–Kier alpha value is -2.51. The van der Waals surface area contributed by atoms with E-state index in [1.54, 1.807) is 19.0 Å². The molecule has 0 saturated heterocycles. The largest absolute Gasteiger partial charge is 0.395 e. The van der Waals surface area contributed by atoms with Crippen LogP contribution in [0.2, 0.25) is 0 Å². The summed E-state index contributed by atoms with van der Waals surface area (Å²) in [5.74, 6) is -0.0167. The quantitative estimate of drug-likeness (QED) is 0.779. The maximum atomic E-state index is 12.5. The molecule has 0 aliphatic carbocycles. The monoisotopic (exact) mass is 398 g/mol. The van der Waals surface area contributed by atoms with E-state index in [0.717, 1.165) is 28.2 Å². The molecule has 1 aromatic carbocycles. The molecule has 1 atom stereocenters. The summed E-state index contributed by atoms with van der Waals surface area (Å²) in [7, 11) is 3.50. The average Bonchev–Trinajstić information content (AvgIpc) is 2.98. The van der Waals surface area contributed by atoms with Gasteiger partial charge in [-0.05, 0) is 37.6 Å². The van der Waals surface area contributed by atoms with Crippen LogP contribution >= 0.6 is 11.8 Å². The first-order chi connectivity index (χ1) is 13.4. The first-order valence-electron chi connectivity index (χ1n) is 9.17. The normalized spacial score (nSPS) is 16.5. The summed E-state index contributed by atoms with van der Waals surface area (Å²) in [6.07, 6.45) is 1.87. The summed E-state index contributed by atoms with van der Waals surface area (Å²) in [5, 5.41) is 12.9. The smallest absolute Gasteiger partial charge is 0.261 e. The lowest BCUT2D eigenvalue weighted by molar-refractivity contribution is -0.124. The van der Waals surface area contributed by atoms with Crippen molar-refractivity contribution < 1.29 is 9.90 Å². The lowest BCUT2D eigenvalue weighted by atomic mass is 10.1. The molecule has 2 N–H and O–H groups in total. The highest BCUT2D eigenvalue weighted by Gasteiger charge is 2.33. The van der Waals surface area contributed by atoms with Gasteiger partial charge in [0.1, 0.15) is 0 Å². The third-order valence-electron chi connectivity index (χ3n) is 4.63. The molecule has 2 heterocycles. The van der Waals surface area contributed by atoms with Gasteiger partial charge in [0, 0.05) is 49.5 Å². The van der Waals surface area contributed by atoms with E-state index in [2.05, 4.69) is 28.5 Å². The maximum Gasteiger partial charge on any atom is 0.261 e. The zero-order valence-electron chi connectivity index (χ0n) is 16.6. The molecule has 1 aliphatic heterocycles. The molecular weight excluding hydrogens is 372 g/mol. The van der Waals surface area contributed by atoms with Crippen molar-refractivity contribution in [3.05, 3.63) is 58.9 Å². The van der Waals surface area contributed by atoms with E-state index in [9.17, 15) is 9.90 Å². The minimum atomic E-state index is -0.141. The number of nitrogens with one attached hydrogen (secondary N) is 1. The van der Waals surface area contributed by atoms with Gasteiger partial charge in [-0.25, -0.2) is 0 Å². The molecule has 28 heavy (non-hydrogen) atoms. The number of nitrogens with zero attached hydrogens (tertiary/aromatic N) is 3. The van der Waals surface area contributed by atoms with Crippen molar-refractivity contribution >= 4 is 23.4 Å². The summed E-state index contributed by atoms with van der Waals surface area (Å²) >= 11 is 1.48. The molecule has 7 heteroatoms. The SMILES string of the molecule is CC1=C(C(=O)N(C)C)SC(Nc2ccc(-c3ccc(C)nc3)cc2)N1CCO. The van der Waals surface area contributed by atoms with Gasteiger partial charge in [0.25, 0.3) is 5.91 Å². The van der Waals surface area contributed by atoms with Gasteiger partial charge in [-0.3, -0.25) is 9.78 Å². The van der Waals surface area contributed by atoms with Crippen LogP contribution in [0.5, 0.6) is 0 Å². The second kappa shape index (κ2) is 8.67. The molecule has 2 aromatic rings. The molecule has 1 aromatic heterocycles. The number of amides is 1. The molecule has 1 aliphatic rings. The second-order valence-corrected chi connectivity index (χ2v) is 8.00. The first kappa shape index (κ1) is 20.2. The van der Waals surface area contributed by atoms with Crippen LogP contribution in [0, 0.1) is 6.92 Å². The van der Waals surface area contributed by atoms with Crippen LogP contribution in [0.3, 0.4) is 0 Å². The Kier molecular flexibility index (Phi) is 6.26. The van der Waals surface area contributed by atoms with Gasteiger partial charge in [-0.1, -0.05) is 30.0 Å². The summed E-state index contributed by atoms with van der Waals surface area (Å²) in [6, 6.07) is 12.2. The molecule has 0 bridgehead atoms. The fourth-order valence-corrected chi connectivity index (χ4v) is 4.40. The Bertz CT molecular complexity index is 863. The van der Waals surface area contributed by atoms with Crippen molar-refractivity contribution in [2.45, 2.75) is 19.3 Å². The van der Waals surface area contributed by atoms with E-state index in [0.29, 0.717) is 11.4 Å². The molecule has 148 valence electrons. The Morgan fingerprint density at radius 1 is 1.18 bits per heavy atom. The number of rotatable bonds is 6. The zero-order valence-corrected chi connectivity index (χ0v) is 17.5. The predicted molar refractivity (Wildman–Crippen MR) is 115 cm³/mol. The van der Waals surface area contributed by atoms with Gasteiger partial charge in [-0.2, -0.15) is 0 Å². The number of allylic oxidation sites excluding steroid dienone is 1. The number of aliphatic hydroxyl groups is 1. The summed E-state index contributed by atoms with van der Waals surface area (Å²) in [6.45, 7) is 4.39. The van der Waals surface area contributed by atoms with E-state index in [4.69, 9.17) is 0 Å². The minimum Gasteiger partial charge on any atom is -0.395 e. The van der Waals surface area contributed by atoms with E-state index in [1.165, 1.54) is 11.8 Å². The number of carbonyl (C=O) groups is 1. The molecule has 0 saturated carbocycles. The Balaban J connectivity index is 1.75. The van der Waals surface area contributed by atoms with Crippen LogP contribution in [0.4, 0.5) is 5.69 Å². The van der Waals surface area contributed by atoms with Gasteiger partial charge in [-0.15, -0.1) is 0 Å². The Labute approximate surface area is 170 Å². The van der Waals surface area contributed by atoms with E-state index in [-0.39, 0.29) is 18.0 Å². The van der Waals surface area contributed by atoms with Crippen LogP contribution < -0.4 is 5.32 Å². The summed E-state index contributed by atoms with van der Waals surface area (Å²) < 4.78 is 0. The third-order valence-corrected chi connectivity index (χ3v) is 5.93. The average molecular weight is 399 g/mol. The standard InChI is InChI=1S/C21H26N4O2S/c1-14-5-6-17(13-22-14)16-7-9-18(10-8-16)23-21-25(11-12-26)15(2)19(28-21)20(27)24(3)4/h5-10,13,21,23,26H,11-12H2,1-4H3. The van der Waals surface area contributed by atoms with E-state index >= 15 is 0 Å². The fraction of sp³-hybridized carbons (Fsp3) is 0.333. The highest BCUT2D eigenvalue weighted by molar-refractivity contribution is 8.04. The first-order valence-corrected chi connectivity index (χ1v) is 10.0. The minimum absolute atomic E-state index is 0.0167. The lowest BCUT2D eigenvalue weighted by Crippen LogP contribution is -2.35. The summed E-state index contributed by atoms with van der Waals surface area (Å²) in [5.41, 5.74) is 4.87. The van der Waals surface area contributed by atoms with Crippen LogP contribution in [0.15, 0.2) is 53.2 Å². The highest BCUT2D eigenvalue weighted by atomic mass is 32.2. The number of thioether (sulfide) groups is 1. The Morgan fingerprint density at radius 2 is 1.86 bits per heavy atom. The number of aromatic nitrogens is 1. The van der Waals surface area contributed by atoms with Crippen LogP contribution in [-0.4, -0.2) is 58.5 Å². The second-order valence-electron chi connectivity index (χ2n) is 6.91.